The van der Waals surface area contributed by atoms with Crippen molar-refractivity contribution in [2.45, 2.75) is 31.3 Å². The van der Waals surface area contributed by atoms with Gasteiger partial charge in [-0.25, -0.2) is 13.2 Å². The summed E-state index contributed by atoms with van der Waals surface area (Å²) in [4.78, 5) is 26.8. The number of nitriles is 1. The number of hydrogen-bond donors (Lipinski definition) is 1. The van der Waals surface area contributed by atoms with Crippen molar-refractivity contribution < 1.29 is 22.8 Å². The zero-order valence-electron chi connectivity index (χ0n) is 15.7. The molecule has 2 aromatic carbocycles. The Hall–Kier alpha value is -3.34. The molecule has 0 radical (unpaired) electrons. The highest BCUT2D eigenvalue weighted by Crippen LogP contribution is 2.30. The standard InChI is InChI=1S/C21H18F3N3O2/c1-11(17-13(10-25)5-8-15(23)18(17)24)19-21(29)27(2)16(20(28)26-19)9-12-3-6-14(22)7-4-12/h3-8,11,16,19H,9H2,1-2H3,(H,26,28). The average molecular weight is 401 g/mol. The highest BCUT2D eigenvalue weighted by atomic mass is 19.2. The lowest BCUT2D eigenvalue weighted by Gasteiger charge is -2.39. The zero-order valence-corrected chi connectivity index (χ0v) is 15.7. The van der Waals surface area contributed by atoms with Crippen molar-refractivity contribution in [3.63, 3.8) is 0 Å². The van der Waals surface area contributed by atoms with Crippen LogP contribution in [0.3, 0.4) is 0 Å². The van der Waals surface area contributed by atoms with E-state index in [2.05, 4.69) is 5.32 Å². The largest absolute Gasteiger partial charge is 0.342 e. The highest BCUT2D eigenvalue weighted by molar-refractivity contribution is 5.97. The molecule has 1 aliphatic rings. The smallest absolute Gasteiger partial charge is 0.246 e. The first-order valence-corrected chi connectivity index (χ1v) is 8.94. The van der Waals surface area contributed by atoms with Crippen LogP contribution < -0.4 is 5.32 Å². The molecule has 0 saturated carbocycles. The third-order valence-corrected chi connectivity index (χ3v) is 5.23. The quantitative estimate of drug-likeness (QED) is 0.856. The fraction of sp³-hybridized carbons (Fsp3) is 0.286. The summed E-state index contributed by atoms with van der Waals surface area (Å²) in [6, 6.07) is 7.37. The topological polar surface area (TPSA) is 73.2 Å². The van der Waals surface area contributed by atoms with E-state index in [4.69, 9.17) is 0 Å². The highest BCUT2D eigenvalue weighted by Gasteiger charge is 2.42. The van der Waals surface area contributed by atoms with Gasteiger partial charge in [-0.3, -0.25) is 9.59 Å². The monoisotopic (exact) mass is 401 g/mol. The fourth-order valence-electron chi connectivity index (χ4n) is 3.55. The molecule has 1 aliphatic heterocycles. The molecule has 1 fully saturated rings. The van der Waals surface area contributed by atoms with Crippen LogP contribution in [-0.2, 0) is 16.0 Å². The molecule has 2 aromatic rings. The van der Waals surface area contributed by atoms with Gasteiger partial charge < -0.3 is 10.2 Å². The van der Waals surface area contributed by atoms with Gasteiger partial charge in [-0.1, -0.05) is 19.1 Å². The molecule has 0 aliphatic carbocycles. The van der Waals surface area contributed by atoms with Crippen LogP contribution >= 0.6 is 0 Å². The number of benzene rings is 2. The number of piperazine rings is 1. The number of hydrogen-bond acceptors (Lipinski definition) is 3. The molecule has 0 spiro atoms. The minimum Gasteiger partial charge on any atom is -0.342 e. The van der Waals surface area contributed by atoms with Crippen molar-refractivity contribution in [1.29, 1.82) is 5.26 Å². The van der Waals surface area contributed by atoms with Crippen molar-refractivity contribution in [3.05, 3.63) is 70.5 Å². The summed E-state index contributed by atoms with van der Waals surface area (Å²) in [6.07, 6.45) is 0.174. The van der Waals surface area contributed by atoms with Gasteiger partial charge in [-0.2, -0.15) is 5.26 Å². The van der Waals surface area contributed by atoms with E-state index in [-0.39, 0.29) is 17.5 Å². The molecule has 1 heterocycles. The lowest BCUT2D eigenvalue weighted by Crippen LogP contribution is -2.64. The van der Waals surface area contributed by atoms with Gasteiger partial charge in [0.25, 0.3) is 0 Å². The predicted molar refractivity (Wildman–Crippen MR) is 98.1 cm³/mol. The molecule has 3 atom stereocenters. The van der Waals surface area contributed by atoms with E-state index < -0.39 is 47.3 Å². The summed E-state index contributed by atoms with van der Waals surface area (Å²) in [7, 11) is 1.45. The number of carbonyl (C=O) groups is 2. The molecule has 8 heteroatoms. The van der Waals surface area contributed by atoms with Crippen molar-refractivity contribution in [3.8, 4) is 6.07 Å². The average Bonchev–Trinajstić information content (AvgIpc) is 2.70. The number of amides is 2. The molecule has 150 valence electrons. The van der Waals surface area contributed by atoms with Crippen LogP contribution in [0.1, 0.15) is 29.5 Å². The minimum absolute atomic E-state index is 0.102. The van der Waals surface area contributed by atoms with Gasteiger partial charge in [-0.15, -0.1) is 0 Å². The van der Waals surface area contributed by atoms with Crippen molar-refractivity contribution in [1.82, 2.24) is 10.2 Å². The summed E-state index contributed by atoms with van der Waals surface area (Å²) in [6.45, 7) is 1.45. The third kappa shape index (κ3) is 3.81. The summed E-state index contributed by atoms with van der Waals surface area (Å²) < 4.78 is 41.2. The molecule has 2 amide bonds. The Bertz CT molecular complexity index is 1000. The lowest BCUT2D eigenvalue weighted by atomic mass is 9.86. The van der Waals surface area contributed by atoms with E-state index in [9.17, 15) is 28.0 Å². The lowest BCUT2D eigenvalue weighted by molar-refractivity contribution is -0.148. The normalized spacial score (nSPS) is 20.2. The molecule has 3 rings (SSSR count). The summed E-state index contributed by atoms with van der Waals surface area (Å²) >= 11 is 0. The maximum absolute atomic E-state index is 14.4. The van der Waals surface area contributed by atoms with Crippen LogP contribution in [0.25, 0.3) is 0 Å². The summed E-state index contributed by atoms with van der Waals surface area (Å²) in [5, 5.41) is 11.8. The molecule has 3 unspecified atom stereocenters. The molecular weight excluding hydrogens is 383 g/mol. The molecule has 1 N–H and O–H groups in total. The first-order chi connectivity index (χ1) is 13.7. The van der Waals surface area contributed by atoms with Crippen molar-refractivity contribution in [2.75, 3.05) is 7.05 Å². The minimum atomic E-state index is -1.21. The van der Waals surface area contributed by atoms with Gasteiger partial charge in [-0.05, 0) is 29.8 Å². The van der Waals surface area contributed by atoms with Crippen molar-refractivity contribution in [2.24, 2.45) is 0 Å². The van der Waals surface area contributed by atoms with Crippen LogP contribution in [0, 0.1) is 28.8 Å². The predicted octanol–water partition coefficient (Wildman–Crippen LogP) is 2.65. The van der Waals surface area contributed by atoms with E-state index in [1.54, 1.807) is 6.07 Å². The first kappa shape index (κ1) is 20.4. The SMILES string of the molecule is CC(c1c(C#N)ccc(F)c1F)C1NC(=O)C(Cc2ccc(F)cc2)N(C)C1=O. The third-order valence-electron chi connectivity index (χ3n) is 5.23. The van der Waals surface area contributed by atoms with Gasteiger partial charge in [0.2, 0.25) is 11.8 Å². The number of rotatable bonds is 4. The van der Waals surface area contributed by atoms with Crippen molar-refractivity contribution >= 4 is 11.8 Å². The molecule has 1 saturated heterocycles. The van der Waals surface area contributed by atoms with E-state index in [1.807, 2.05) is 0 Å². The Morgan fingerprint density at radius 1 is 1.14 bits per heavy atom. The Kier molecular flexibility index (Phi) is 5.59. The zero-order chi connectivity index (χ0) is 21.3. The van der Waals surface area contributed by atoms with Gasteiger partial charge >= 0.3 is 0 Å². The second-order valence-corrected chi connectivity index (χ2v) is 7.00. The Labute approximate surface area is 165 Å². The van der Waals surface area contributed by atoms with Crippen LogP contribution in [0.4, 0.5) is 13.2 Å². The summed E-state index contributed by atoms with van der Waals surface area (Å²) in [5.74, 6) is -4.69. The second kappa shape index (κ2) is 7.95. The maximum atomic E-state index is 14.4. The number of carbonyl (C=O) groups excluding carboxylic acids is 2. The van der Waals surface area contributed by atoms with E-state index in [0.29, 0.717) is 5.56 Å². The number of likely N-dealkylation sites (N-methyl/N-ethyl adjacent to an activating group) is 1. The molecule has 0 aromatic heterocycles. The Morgan fingerprint density at radius 3 is 2.41 bits per heavy atom. The Morgan fingerprint density at radius 2 is 1.79 bits per heavy atom. The van der Waals surface area contributed by atoms with E-state index >= 15 is 0 Å². The maximum Gasteiger partial charge on any atom is 0.246 e. The van der Waals surface area contributed by atoms with Gasteiger partial charge in [0, 0.05) is 24.9 Å². The molecule has 29 heavy (non-hydrogen) atoms. The van der Waals surface area contributed by atoms with Gasteiger partial charge in [0.05, 0.1) is 11.6 Å². The Balaban J connectivity index is 1.87. The molecule has 0 bridgehead atoms. The summed E-state index contributed by atoms with van der Waals surface area (Å²) in [5.41, 5.74) is 0.312. The first-order valence-electron chi connectivity index (χ1n) is 8.94. The van der Waals surface area contributed by atoms with Crippen LogP contribution in [-0.4, -0.2) is 35.8 Å². The molecular formula is C21H18F3N3O2. The number of nitrogens with one attached hydrogen (secondary N) is 1. The van der Waals surface area contributed by atoms with Crippen LogP contribution in [0.2, 0.25) is 0 Å². The van der Waals surface area contributed by atoms with E-state index in [1.165, 1.54) is 43.1 Å². The van der Waals surface area contributed by atoms with E-state index in [0.717, 1.165) is 12.1 Å². The second-order valence-electron chi connectivity index (χ2n) is 7.00. The van der Waals surface area contributed by atoms with Crippen LogP contribution in [0.15, 0.2) is 36.4 Å². The van der Waals surface area contributed by atoms with Gasteiger partial charge in [0.1, 0.15) is 17.9 Å². The molecule has 5 nitrogen and oxygen atoms in total. The van der Waals surface area contributed by atoms with Gasteiger partial charge in [0.15, 0.2) is 11.6 Å². The fourth-order valence-corrected chi connectivity index (χ4v) is 3.55. The number of halogens is 3. The number of nitrogens with zero attached hydrogens (tertiary/aromatic N) is 2. The van der Waals surface area contributed by atoms with Crippen LogP contribution in [0.5, 0.6) is 0 Å².